The topological polar surface area (TPSA) is 35.2 Å². The van der Waals surface area contributed by atoms with E-state index in [-0.39, 0.29) is 0 Å². The molecule has 0 heterocycles. The SMILES string of the molecule is Cc1ccc(Br)cc1Oc1cccc(Br)c1CN. The minimum atomic E-state index is 0.434. The molecule has 0 aliphatic carbocycles. The highest BCUT2D eigenvalue weighted by Gasteiger charge is 2.09. The van der Waals surface area contributed by atoms with Crippen molar-refractivity contribution in [1.82, 2.24) is 0 Å². The number of nitrogens with two attached hydrogens (primary N) is 1. The number of rotatable bonds is 3. The molecule has 0 fully saturated rings. The minimum absolute atomic E-state index is 0.434. The van der Waals surface area contributed by atoms with Crippen LogP contribution in [0.25, 0.3) is 0 Å². The molecule has 0 atom stereocenters. The summed E-state index contributed by atoms with van der Waals surface area (Å²) in [5.74, 6) is 1.62. The molecule has 2 aromatic carbocycles. The zero-order valence-electron chi connectivity index (χ0n) is 9.91. The molecular weight excluding hydrogens is 358 g/mol. The second-order valence-electron chi connectivity index (χ2n) is 3.93. The third kappa shape index (κ3) is 2.94. The van der Waals surface area contributed by atoms with Gasteiger partial charge in [-0.3, -0.25) is 0 Å². The Morgan fingerprint density at radius 3 is 2.61 bits per heavy atom. The van der Waals surface area contributed by atoms with E-state index in [2.05, 4.69) is 31.9 Å². The molecule has 0 saturated heterocycles. The summed E-state index contributed by atoms with van der Waals surface area (Å²) in [6.07, 6.45) is 0. The molecular formula is C14H13Br2NO. The molecule has 0 saturated carbocycles. The van der Waals surface area contributed by atoms with Gasteiger partial charge in [-0.15, -0.1) is 0 Å². The van der Waals surface area contributed by atoms with Gasteiger partial charge in [0, 0.05) is 21.1 Å². The van der Waals surface area contributed by atoms with Gasteiger partial charge >= 0.3 is 0 Å². The number of aryl methyl sites for hydroxylation is 1. The molecule has 2 N–H and O–H groups in total. The molecule has 4 heteroatoms. The van der Waals surface area contributed by atoms with Crippen LogP contribution in [0.5, 0.6) is 11.5 Å². The standard InChI is InChI=1S/C14H13Br2NO/c1-9-5-6-10(15)7-14(9)18-13-4-2-3-12(16)11(13)8-17/h2-7H,8,17H2,1H3. The van der Waals surface area contributed by atoms with E-state index in [0.717, 1.165) is 31.6 Å². The van der Waals surface area contributed by atoms with E-state index >= 15 is 0 Å². The molecule has 2 aromatic rings. The summed E-state index contributed by atoms with van der Waals surface area (Å²) in [6.45, 7) is 2.45. The average molecular weight is 371 g/mol. The lowest BCUT2D eigenvalue weighted by atomic mass is 10.2. The highest BCUT2D eigenvalue weighted by molar-refractivity contribution is 9.10. The van der Waals surface area contributed by atoms with Crippen LogP contribution in [-0.4, -0.2) is 0 Å². The van der Waals surface area contributed by atoms with Gasteiger partial charge in [-0.25, -0.2) is 0 Å². The Balaban J connectivity index is 2.40. The van der Waals surface area contributed by atoms with Gasteiger partial charge in [0.15, 0.2) is 0 Å². The first-order valence-electron chi connectivity index (χ1n) is 5.53. The molecule has 2 rings (SSSR count). The van der Waals surface area contributed by atoms with Crippen LogP contribution in [-0.2, 0) is 6.54 Å². The number of hydrogen-bond donors (Lipinski definition) is 1. The van der Waals surface area contributed by atoms with Gasteiger partial charge in [0.1, 0.15) is 11.5 Å². The molecule has 0 aliphatic heterocycles. The van der Waals surface area contributed by atoms with Gasteiger partial charge in [0.05, 0.1) is 0 Å². The summed E-state index contributed by atoms with van der Waals surface area (Å²) in [6, 6.07) is 11.8. The fourth-order valence-electron chi connectivity index (χ4n) is 1.63. The molecule has 0 radical (unpaired) electrons. The van der Waals surface area contributed by atoms with Crippen LogP contribution in [0.1, 0.15) is 11.1 Å². The van der Waals surface area contributed by atoms with E-state index in [1.807, 2.05) is 43.3 Å². The predicted molar refractivity (Wildman–Crippen MR) is 81.0 cm³/mol. The summed E-state index contributed by atoms with van der Waals surface area (Å²) in [5, 5.41) is 0. The quantitative estimate of drug-likeness (QED) is 0.844. The summed E-state index contributed by atoms with van der Waals surface area (Å²) < 4.78 is 7.91. The maximum Gasteiger partial charge on any atom is 0.133 e. The first-order chi connectivity index (χ1) is 8.61. The van der Waals surface area contributed by atoms with Crippen molar-refractivity contribution < 1.29 is 4.74 Å². The van der Waals surface area contributed by atoms with Crippen molar-refractivity contribution in [2.75, 3.05) is 0 Å². The molecule has 18 heavy (non-hydrogen) atoms. The van der Waals surface area contributed by atoms with Crippen LogP contribution in [0.4, 0.5) is 0 Å². The third-order valence-corrected chi connectivity index (χ3v) is 3.89. The van der Waals surface area contributed by atoms with Crippen molar-refractivity contribution in [1.29, 1.82) is 0 Å². The van der Waals surface area contributed by atoms with Crippen LogP contribution < -0.4 is 10.5 Å². The number of ether oxygens (including phenoxy) is 1. The van der Waals surface area contributed by atoms with Crippen molar-refractivity contribution >= 4 is 31.9 Å². The smallest absolute Gasteiger partial charge is 0.133 e. The maximum absolute atomic E-state index is 5.95. The highest BCUT2D eigenvalue weighted by atomic mass is 79.9. The summed E-state index contributed by atoms with van der Waals surface area (Å²) in [7, 11) is 0. The predicted octanol–water partition coefficient (Wildman–Crippen LogP) is 4.77. The molecule has 0 spiro atoms. The molecule has 0 unspecified atom stereocenters. The Morgan fingerprint density at radius 1 is 1.11 bits per heavy atom. The summed E-state index contributed by atoms with van der Waals surface area (Å²) >= 11 is 6.93. The van der Waals surface area contributed by atoms with Crippen LogP contribution in [0.15, 0.2) is 45.3 Å². The van der Waals surface area contributed by atoms with Gasteiger partial charge in [-0.1, -0.05) is 44.0 Å². The fraction of sp³-hybridized carbons (Fsp3) is 0.143. The van der Waals surface area contributed by atoms with Crippen molar-refractivity contribution in [3.8, 4) is 11.5 Å². The van der Waals surface area contributed by atoms with Gasteiger partial charge in [-0.05, 0) is 36.8 Å². The van der Waals surface area contributed by atoms with Crippen LogP contribution in [0.3, 0.4) is 0 Å². The number of benzene rings is 2. The zero-order chi connectivity index (χ0) is 13.1. The van der Waals surface area contributed by atoms with E-state index in [9.17, 15) is 0 Å². The van der Waals surface area contributed by atoms with E-state index in [0.29, 0.717) is 6.54 Å². The minimum Gasteiger partial charge on any atom is -0.457 e. The zero-order valence-corrected chi connectivity index (χ0v) is 13.1. The van der Waals surface area contributed by atoms with E-state index in [1.54, 1.807) is 0 Å². The number of hydrogen-bond acceptors (Lipinski definition) is 2. The summed E-state index contributed by atoms with van der Waals surface area (Å²) in [5.41, 5.74) is 7.81. The Hall–Kier alpha value is -0.840. The average Bonchev–Trinajstić information content (AvgIpc) is 2.34. The lowest BCUT2D eigenvalue weighted by molar-refractivity contribution is 0.472. The molecule has 0 aliphatic rings. The normalized spacial score (nSPS) is 10.4. The molecule has 0 amide bonds. The Kier molecular flexibility index (Phi) is 4.43. The van der Waals surface area contributed by atoms with Crippen molar-refractivity contribution in [2.45, 2.75) is 13.5 Å². The van der Waals surface area contributed by atoms with Crippen LogP contribution >= 0.6 is 31.9 Å². The Bertz CT molecular complexity index is 570. The first-order valence-corrected chi connectivity index (χ1v) is 7.12. The highest BCUT2D eigenvalue weighted by Crippen LogP contribution is 2.33. The Morgan fingerprint density at radius 2 is 1.89 bits per heavy atom. The largest absolute Gasteiger partial charge is 0.457 e. The monoisotopic (exact) mass is 369 g/mol. The first kappa shape index (κ1) is 13.6. The second kappa shape index (κ2) is 5.87. The summed E-state index contributed by atoms with van der Waals surface area (Å²) in [4.78, 5) is 0. The Labute approximate surface area is 123 Å². The molecule has 0 aromatic heterocycles. The van der Waals surface area contributed by atoms with E-state index < -0.39 is 0 Å². The van der Waals surface area contributed by atoms with Gasteiger partial charge in [0.2, 0.25) is 0 Å². The van der Waals surface area contributed by atoms with Crippen molar-refractivity contribution in [3.05, 3.63) is 56.5 Å². The maximum atomic E-state index is 5.95. The van der Waals surface area contributed by atoms with Crippen LogP contribution in [0.2, 0.25) is 0 Å². The lowest BCUT2D eigenvalue weighted by Gasteiger charge is -2.13. The molecule has 0 bridgehead atoms. The lowest BCUT2D eigenvalue weighted by Crippen LogP contribution is -2.01. The second-order valence-corrected chi connectivity index (χ2v) is 5.70. The molecule has 94 valence electrons. The molecule has 2 nitrogen and oxygen atoms in total. The third-order valence-electron chi connectivity index (χ3n) is 2.65. The van der Waals surface area contributed by atoms with Crippen LogP contribution in [0, 0.1) is 6.92 Å². The van der Waals surface area contributed by atoms with Crippen molar-refractivity contribution in [2.24, 2.45) is 5.73 Å². The van der Waals surface area contributed by atoms with Gasteiger partial charge in [-0.2, -0.15) is 0 Å². The van der Waals surface area contributed by atoms with E-state index in [1.165, 1.54) is 0 Å². The fourth-order valence-corrected chi connectivity index (χ4v) is 2.48. The van der Waals surface area contributed by atoms with Gasteiger partial charge in [0.25, 0.3) is 0 Å². The number of halogens is 2. The van der Waals surface area contributed by atoms with Gasteiger partial charge < -0.3 is 10.5 Å². The van der Waals surface area contributed by atoms with Crippen molar-refractivity contribution in [3.63, 3.8) is 0 Å². The van der Waals surface area contributed by atoms with E-state index in [4.69, 9.17) is 10.5 Å².